The zero-order valence-corrected chi connectivity index (χ0v) is 12.4. The van der Waals surface area contributed by atoms with Crippen molar-refractivity contribution in [2.45, 2.75) is 51.1 Å². The fourth-order valence-corrected chi connectivity index (χ4v) is 3.80. The molecule has 1 aromatic carbocycles. The Balaban J connectivity index is 1.72. The van der Waals surface area contributed by atoms with Gasteiger partial charge in [0.2, 0.25) is 5.91 Å². The number of hydrogen-bond donors (Lipinski definition) is 1. The lowest BCUT2D eigenvalue weighted by Gasteiger charge is -2.24. The molecule has 3 heteroatoms. The van der Waals surface area contributed by atoms with Gasteiger partial charge >= 0.3 is 0 Å². The third-order valence-electron chi connectivity index (χ3n) is 4.97. The van der Waals surface area contributed by atoms with Crippen molar-refractivity contribution in [1.29, 1.82) is 0 Å². The molecule has 0 bridgehead atoms. The molecule has 1 saturated carbocycles. The Morgan fingerprint density at radius 1 is 1.25 bits per heavy atom. The first-order valence-electron chi connectivity index (χ1n) is 7.76. The van der Waals surface area contributed by atoms with Gasteiger partial charge in [0.1, 0.15) is 0 Å². The van der Waals surface area contributed by atoms with Crippen LogP contribution in [0, 0.1) is 12.8 Å². The van der Waals surface area contributed by atoms with Crippen LogP contribution in [-0.4, -0.2) is 25.0 Å². The first-order valence-corrected chi connectivity index (χ1v) is 7.76. The summed E-state index contributed by atoms with van der Waals surface area (Å²) in [7, 11) is 1.90. The number of aryl methyl sites for hydroxylation is 1. The highest BCUT2D eigenvalue weighted by Crippen LogP contribution is 2.34. The number of anilines is 1. The highest BCUT2D eigenvalue weighted by molar-refractivity contribution is 5.97. The predicted molar refractivity (Wildman–Crippen MR) is 81.9 cm³/mol. The Kier molecular flexibility index (Phi) is 3.79. The quantitative estimate of drug-likeness (QED) is 0.898. The van der Waals surface area contributed by atoms with Crippen LogP contribution in [0.4, 0.5) is 5.69 Å². The van der Waals surface area contributed by atoms with Crippen molar-refractivity contribution < 1.29 is 4.79 Å². The number of nitrogens with zero attached hydrogens (tertiary/aromatic N) is 1. The van der Waals surface area contributed by atoms with Crippen LogP contribution in [0.25, 0.3) is 0 Å². The van der Waals surface area contributed by atoms with Crippen LogP contribution >= 0.6 is 0 Å². The van der Waals surface area contributed by atoms with Crippen molar-refractivity contribution >= 4 is 11.6 Å². The number of likely N-dealkylation sites (N-methyl/N-ethyl adjacent to an activating group) is 1. The summed E-state index contributed by atoms with van der Waals surface area (Å²) in [5, 5.41) is 3.57. The average Bonchev–Trinajstić information content (AvgIpc) is 2.90. The topological polar surface area (TPSA) is 32.3 Å². The van der Waals surface area contributed by atoms with Crippen molar-refractivity contribution in [3.05, 3.63) is 29.8 Å². The van der Waals surface area contributed by atoms with E-state index in [2.05, 4.69) is 18.3 Å². The summed E-state index contributed by atoms with van der Waals surface area (Å²) in [4.78, 5) is 14.5. The second kappa shape index (κ2) is 5.57. The highest BCUT2D eigenvalue weighted by atomic mass is 16.2. The van der Waals surface area contributed by atoms with Crippen molar-refractivity contribution in [2.24, 2.45) is 5.92 Å². The smallest absolute Gasteiger partial charge is 0.243 e. The molecule has 0 radical (unpaired) electrons. The van der Waals surface area contributed by atoms with Crippen LogP contribution < -0.4 is 10.2 Å². The number of rotatable bonds is 2. The molecule has 1 saturated heterocycles. The number of nitrogens with one attached hydrogen (secondary N) is 1. The van der Waals surface area contributed by atoms with E-state index in [0.29, 0.717) is 12.0 Å². The van der Waals surface area contributed by atoms with Crippen molar-refractivity contribution in [3.8, 4) is 0 Å². The van der Waals surface area contributed by atoms with Crippen LogP contribution in [0.5, 0.6) is 0 Å². The number of benzene rings is 1. The minimum Gasteiger partial charge on any atom is -0.314 e. The number of amides is 1. The molecule has 0 spiro atoms. The van der Waals surface area contributed by atoms with E-state index >= 15 is 0 Å². The Labute approximate surface area is 121 Å². The van der Waals surface area contributed by atoms with Gasteiger partial charge in [0.25, 0.3) is 0 Å². The SMILES string of the molecule is Cc1ccccc1N(C)C(=O)C1CC2CCCCC2N1. The van der Waals surface area contributed by atoms with Gasteiger partial charge in [0.05, 0.1) is 6.04 Å². The van der Waals surface area contributed by atoms with E-state index < -0.39 is 0 Å². The third-order valence-corrected chi connectivity index (χ3v) is 4.97. The number of carbonyl (C=O) groups excluding carboxylic acids is 1. The molecule has 1 aromatic rings. The molecule has 2 fully saturated rings. The molecule has 3 rings (SSSR count). The molecule has 108 valence electrons. The monoisotopic (exact) mass is 272 g/mol. The molecule has 1 aliphatic carbocycles. The van der Waals surface area contributed by atoms with E-state index in [1.165, 1.54) is 25.7 Å². The second-order valence-electron chi connectivity index (χ2n) is 6.29. The van der Waals surface area contributed by atoms with E-state index in [4.69, 9.17) is 0 Å². The van der Waals surface area contributed by atoms with Gasteiger partial charge in [0, 0.05) is 18.8 Å². The van der Waals surface area contributed by atoms with Gasteiger partial charge in [-0.15, -0.1) is 0 Å². The first-order chi connectivity index (χ1) is 9.66. The number of fused-ring (bicyclic) bond motifs is 1. The van der Waals surface area contributed by atoms with Gasteiger partial charge in [-0.05, 0) is 43.7 Å². The summed E-state index contributed by atoms with van der Waals surface area (Å²) in [6, 6.07) is 8.67. The Morgan fingerprint density at radius 3 is 2.75 bits per heavy atom. The highest BCUT2D eigenvalue weighted by Gasteiger charge is 2.39. The lowest BCUT2D eigenvalue weighted by Crippen LogP contribution is -2.44. The van der Waals surface area contributed by atoms with Crippen LogP contribution in [0.2, 0.25) is 0 Å². The van der Waals surface area contributed by atoms with Gasteiger partial charge < -0.3 is 10.2 Å². The Hall–Kier alpha value is -1.35. The average molecular weight is 272 g/mol. The second-order valence-corrected chi connectivity index (χ2v) is 6.29. The van der Waals surface area contributed by atoms with E-state index in [9.17, 15) is 4.79 Å². The fraction of sp³-hybridized carbons (Fsp3) is 0.588. The van der Waals surface area contributed by atoms with Gasteiger partial charge in [-0.2, -0.15) is 0 Å². The zero-order chi connectivity index (χ0) is 14.1. The fourth-order valence-electron chi connectivity index (χ4n) is 3.80. The first kappa shape index (κ1) is 13.6. The van der Waals surface area contributed by atoms with Crippen LogP contribution in [0.15, 0.2) is 24.3 Å². The van der Waals surface area contributed by atoms with Crippen LogP contribution in [0.1, 0.15) is 37.7 Å². The Bertz CT molecular complexity index is 486. The maximum absolute atomic E-state index is 12.7. The van der Waals surface area contributed by atoms with Crippen molar-refractivity contribution in [1.82, 2.24) is 5.32 Å². The van der Waals surface area contributed by atoms with E-state index in [-0.39, 0.29) is 11.9 Å². The maximum Gasteiger partial charge on any atom is 0.243 e. The van der Waals surface area contributed by atoms with Crippen molar-refractivity contribution in [3.63, 3.8) is 0 Å². The largest absolute Gasteiger partial charge is 0.314 e. The molecule has 1 N–H and O–H groups in total. The maximum atomic E-state index is 12.7. The van der Waals surface area contributed by atoms with E-state index in [0.717, 1.165) is 17.7 Å². The molecule has 20 heavy (non-hydrogen) atoms. The number of carbonyl (C=O) groups is 1. The molecule has 1 amide bonds. The lowest BCUT2D eigenvalue weighted by molar-refractivity contribution is -0.120. The van der Waals surface area contributed by atoms with E-state index in [1.807, 2.05) is 30.1 Å². The summed E-state index contributed by atoms with van der Waals surface area (Å²) in [6.45, 7) is 2.06. The summed E-state index contributed by atoms with van der Waals surface area (Å²) >= 11 is 0. The standard InChI is InChI=1S/C17H24N2O/c1-12-7-3-6-10-16(12)19(2)17(20)15-11-13-8-4-5-9-14(13)18-15/h3,6-7,10,13-15,18H,4-5,8-9,11H2,1-2H3. The van der Waals surface area contributed by atoms with Crippen LogP contribution in [0.3, 0.4) is 0 Å². The number of para-hydroxylation sites is 1. The molecule has 3 unspecified atom stereocenters. The molecule has 2 aliphatic rings. The van der Waals surface area contributed by atoms with Crippen LogP contribution in [-0.2, 0) is 4.79 Å². The summed E-state index contributed by atoms with van der Waals surface area (Å²) in [6.07, 6.45) is 6.18. The lowest BCUT2D eigenvalue weighted by atomic mass is 9.85. The molecule has 3 atom stereocenters. The van der Waals surface area contributed by atoms with Crippen molar-refractivity contribution in [2.75, 3.05) is 11.9 Å². The minimum atomic E-state index is 0.00714. The Morgan fingerprint density at radius 2 is 2.00 bits per heavy atom. The summed E-state index contributed by atoms with van der Waals surface area (Å²) in [5.74, 6) is 0.927. The molecular weight excluding hydrogens is 248 g/mol. The number of hydrogen-bond acceptors (Lipinski definition) is 2. The predicted octanol–water partition coefficient (Wildman–Crippen LogP) is 2.88. The molecule has 1 aliphatic heterocycles. The van der Waals surface area contributed by atoms with Gasteiger partial charge in [-0.25, -0.2) is 0 Å². The summed E-state index contributed by atoms with van der Waals surface area (Å²) in [5.41, 5.74) is 2.17. The molecule has 3 nitrogen and oxygen atoms in total. The normalized spacial score (nSPS) is 29.0. The van der Waals surface area contributed by atoms with E-state index in [1.54, 1.807) is 0 Å². The molecule has 0 aromatic heterocycles. The molecule has 1 heterocycles. The van der Waals surface area contributed by atoms with Gasteiger partial charge in [-0.3, -0.25) is 4.79 Å². The molecular formula is C17H24N2O. The summed E-state index contributed by atoms with van der Waals surface area (Å²) < 4.78 is 0. The third kappa shape index (κ3) is 2.47. The minimum absolute atomic E-state index is 0.00714. The zero-order valence-electron chi connectivity index (χ0n) is 12.4. The van der Waals surface area contributed by atoms with Gasteiger partial charge in [-0.1, -0.05) is 31.0 Å². The van der Waals surface area contributed by atoms with Gasteiger partial charge in [0.15, 0.2) is 0 Å².